The lowest BCUT2D eigenvalue weighted by Gasteiger charge is -2.45. The first-order valence-electron chi connectivity index (χ1n) is 12.8. The average Bonchev–Trinajstić information content (AvgIpc) is 3.25. The number of para-hydroxylation sites is 1. The van der Waals surface area contributed by atoms with Gasteiger partial charge in [-0.15, -0.1) is 0 Å². The highest BCUT2D eigenvalue weighted by atomic mass is 19.4. The van der Waals surface area contributed by atoms with Crippen molar-refractivity contribution >= 4 is 17.7 Å². The molecule has 0 aromatic heterocycles. The van der Waals surface area contributed by atoms with Gasteiger partial charge in [-0.25, -0.2) is 9.59 Å². The van der Waals surface area contributed by atoms with E-state index in [1.54, 1.807) is 14.2 Å². The van der Waals surface area contributed by atoms with Crippen LogP contribution >= 0.6 is 0 Å². The van der Waals surface area contributed by atoms with Crippen LogP contribution in [0.15, 0.2) is 42.5 Å². The number of aryl methyl sites for hydroxylation is 1. The van der Waals surface area contributed by atoms with Gasteiger partial charge in [-0.05, 0) is 75.0 Å². The summed E-state index contributed by atoms with van der Waals surface area (Å²) in [7, 11) is 5.56. The molecule has 11 heteroatoms. The van der Waals surface area contributed by atoms with Crippen molar-refractivity contribution in [1.29, 1.82) is 0 Å². The Morgan fingerprint density at radius 3 is 2.38 bits per heavy atom. The molecule has 2 aliphatic rings. The summed E-state index contributed by atoms with van der Waals surface area (Å²) in [6.45, 7) is 3.16. The number of likely N-dealkylation sites (N-methyl/N-ethyl adjacent to an activating group) is 1. The Kier molecular flexibility index (Phi) is 9.71. The molecule has 2 aromatic carbocycles. The molecule has 1 heterocycles. The Hall–Kier alpha value is -3.47. The number of aliphatic carboxylic acids is 1. The Morgan fingerprint density at radius 2 is 1.77 bits per heavy atom. The topological polar surface area (TPSA) is 100 Å². The second-order valence-electron chi connectivity index (χ2n) is 9.86. The van der Waals surface area contributed by atoms with Crippen molar-refractivity contribution in [3.05, 3.63) is 53.6 Å². The number of anilines is 1. The third-order valence-electron chi connectivity index (χ3n) is 7.71. The number of alkyl halides is 3. The number of methoxy groups -OCH3 is 2. The van der Waals surface area contributed by atoms with Crippen LogP contribution in [-0.4, -0.2) is 68.1 Å². The van der Waals surface area contributed by atoms with E-state index in [1.165, 1.54) is 5.56 Å². The zero-order chi connectivity index (χ0) is 28.8. The third kappa shape index (κ3) is 6.95. The minimum absolute atomic E-state index is 0.0811. The minimum Gasteiger partial charge on any atom is -0.493 e. The van der Waals surface area contributed by atoms with Gasteiger partial charge >= 0.3 is 18.2 Å². The normalized spacial score (nSPS) is 22.6. The molecule has 8 nitrogen and oxygen atoms in total. The van der Waals surface area contributed by atoms with Crippen LogP contribution in [0.1, 0.15) is 43.7 Å². The summed E-state index contributed by atoms with van der Waals surface area (Å²) >= 11 is 0. The monoisotopic (exact) mass is 551 g/mol. The van der Waals surface area contributed by atoms with Crippen molar-refractivity contribution in [2.24, 2.45) is 0 Å². The standard InChI is InChI=1S/C26H35N3O3.C2HF3O2/c1-5-18-8-6-7-9-21(18)28-25(30)27-20-12-13-26(14-15-29(2)24(26)17-20)19-10-11-22(31-3)23(16-19)32-4;3-2(4,5)1(6)7/h6-11,16,20,24H,5,12-15,17H2,1-4H3,(H2,27,28,30);(H,6,7)/t20-,24+,26+;/m1./s1. The summed E-state index contributed by atoms with van der Waals surface area (Å²) in [5, 5.41) is 13.4. The molecule has 0 bridgehead atoms. The molecular formula is C28H36F3N3O5. The summed E-state index contributed by atoms with van der Waals surface area (Å²) < 4.78 is 42.8. The Bertz CT molecular complexity index is 1160. The van der Waals surface area contributed by atoms with Gasteiger partial charge in [-0.3, -0.25) is 0 Å². The Balaban J connectivity index is 0.000000532. The molecular weight excluding hydrogens is 515 g/mol. The van der Waals surface area contributed by atoms with Crippen LogP contribution in [-0.2, 0) is 16.6 Å². The van der Waals surface area contributed by atoms with Gasteiger partial charge in [-0.1, -0.05) is 31.2 Å². The molecule has 2 aromatic rings. The van der Waals surface area contributed by atoms with Crippen LogP contribution in [0.2, 0.25) is 0 Å². The minimum atomic E-state index is -5.08. The maximum absolute atomic E-state index is 12.8. The molecule has 1 saturated heterocycles. The number of amides is 2. The largest absolute Gasteiger partial charge is 0.493 e. The highest BCUT2D eigenvalue weighted by Gasteiger charge is 2.50. The highest BCUT2D eigenvalue weighted by Crippen LogP contribution is 2.49. The van der Waals surface area contributed by atoms with E-state index in [0.29, 0.717) is 6.04 Å². The predicted octanol–water partition coefficient (Wildman–Crippen LogP) is 5.22. The molecule has 4 rings (SSSR count). The Morgan fingerprint density at radius 1 is 1.10 bits per heavy atom. The van der Waals surface area contributed by atoms with Crippen LogP contribution in [0, 0.1) is 0 Å². The zero-order valence-electron chi connectivity index (χ0n) is 22.6. The van der Waals surface area contributed by atoms with E-state index in [2.05, 4.69) is 47.7 Å². The molecule has 0 spiro atoms. The number of halogens is 3. The summed E-state index contributed by atoms with van der Waals surface area (Å²) in [5.74, 6) is -1.22. The number of likely N-dealkylation sites (tertiary alicyclic amines) is 1. The summed E-state index contributed by atoms with van der Waals surface area (Å²) in [5.41, 5.74) is 3.43. The van der Waals surface area contributed by atoms with Crippen LogP contribution in [0.5, 0.6) is 11.5 Å². The van der Waals surface area contributed by atoms with Crippen molar-refractivity contribution in [2.45, 2.75) is 62.7 Å². The first-order chi connectivity index (χ1) is 18.4. The quantitative estimate of drug-likeness (QED) is 0.456. The Labute approximate surface area is 226 Å². The molecule has 0 unspecified atom stereocenters. The molecule has 0 radical (unpaired) electrons. The number of carbonyl (C=O) groups is 2. The molecule has 39 heavy (non-hydrogen) atoms. The molecule has 2 fully saturated rings. The van der Waals surface area contributed by atoms with Crippen LogP contribution in [0.25, 0.3) is 0 Å². The molecule has 214 valence electrons. The van der Waals surface area contributed by atoms with Crippen molar-refractivity contribution in [3.8, 4) is 11.5 Å². The van der Waals surface area contributed by atoms with E-state index in [1.807, 2.05) is 24.3 Å². The van der Waals surface area contributed by atoms with Crippen molar-refractivity contribution in [1.82, 2.24) is 10.2 Å². The number of ether oxygens (including phenoxy) is 2. The van der Waals surface area contributed by atoms with Gasteiger partial charge in [0.15, 0.2) is 11.5 Å². The first-order valence-corrected chi connectivity index (χ1v) is 12.8. The lowest BCUT2D eigenvalue weighted by molar-refractivity contribution is -0.192. The number of carboxylic acids is 1. The second-order valence-corrected chi connectivity index (χ2v) is 9.86. The fourth-order valence-corrected chi connectivity index (χ4v) is 5.69. The second kappa shape index (κ2) is 12.6. The van der Waals surface area contributed by atoms with Crippen molar-refractivity contribution in [2.75, 3.05) is 33.1 Å². The third-order valence-corrected chi connectivity index (χ3v) is 7.71. The maximum atomic E-state index is 12.8. The van der Waals surface area contributed by atoms with Gasteiger partial charge in [0, 0.05) is 23.2 Å². The first kappa shape index (κ1) is 30.1. The SMILES string of the molecule is CCc1ccccc1NC(=O)N[C@@H]1CC[C@@]2(c3ccc(OC)c(OC)c3)CCN(C)[C@H]2C1.O=C(O)C(F)(F)F. The van der Waals surface area contributed by atoms with Gasteiger partial charge in [0.25, 0.3) is 0 Å². The molecule has 3 atom stereocenters. The number of carboxylic acid groups (broad SMARTS) is 1. The van der Waals surface area contributed by atoms with Crippen LogP contribution in [0.3, 0.4) is 0 Å². The van der Waals surface area contributed by atoms with Gasteiger partial charge in [0.2, 0.25) is 0 Å². The van der Waals surface area contributed by atoms with E-state index < -0.39 is 12.1 Å². The fourth-order valence-electron chi connectivity index (χ4n) is 5.69. The molecule has 1 aliphatic carbocycles. The average molecular weight is 552 g/mol. The number of hydrogen-bond acceptors (Lipinski definition) is 5. The number of nitrogens with zero attached hydrogens (tertiary/aromatic N) is 1. The molecule has 3 N–H and O–H groups in total. The molecule has 1 aliphatic heterocycles. The smallest absolute Gasteiger partial charge is 0.490 e. The zero-order valence-corrected chi connectivity index (χ0v) is 22.6. The van der Waals surface area contributed by atoms with Gasteiger partial charge in [0.1, 0.15) is 0 Å². The number of benzene rings is 2. The van der Waals surface area contributed by atoms with Gasteiger partial charge in [-0.2, -0.15) is 13.2 Å². The van der Waals surface area contributed by atoms with E-state index in [0.717, 1.165) is 61.4 Å². The van der Waals surface area contributed by atoms with Crippen molar-refractivity contribution in [3.63, 3.8) is 0 Å². The summed E-state index contributed by atoms with van der Waals surface area (Å²) in [6, 6.07) is 14.8. The van der Waals surface area contributed by atoms with E-state index in [4.69, 9.17) is 19.4 Å². The fraction of sp³-hybridized carbons (Fsp3) is 0.500. The number of fused-ring (bicyclic) bond motifs is 1. The van der Waals surface area contributed by atoms with Gasteiger partial charge < -0.3 is 30.1 Å². The number of urea groups is 1. The van der Waals surface area contributed by atoms with E-state index in [9.17, 15) is 18.0 Å². The van der Waals surface area contributed by atoms with E-state index >= 15 is 0 Å². The highest BCUT2D eigenvalue weighted by molar-refractivity contribution is 5.90. The molecule has 2 amide bonds. The number of carbonyl (C=O) groups excluding carboxylic acids is 1. The predicted molar refractivity (Wildman–Crippen MR) is 142 cm³/mol. The number of rotatable bonds is 6. The maximum Gasteiger partial charge on any atom is 0.490 e. The number of hydrogen-bond donors (Lipinski definition) is 3. The summed E-state index contributed by atoms with van der Waals surface area (Å²) in [4.78, 5) is 24.1. The van der Waals surface area contributed by atoms with E-state index in [-0.39, 0.29) is 17.5 Å². The van der Waals surface area contributed by atoms with Crippen LogP contribution < -0.4 is 20.1 Å². The van der Waals surface area contributed by atoms with Crippen molar-refractivity contribution < 1.29 is 37.3 Å². The molecule has 1 saturated carbocycles. The van der Waals surface area contributed by atoms with Crippen LogP contribution in [0.4, 0.5) is 23.7 Å². The summed E-state index contributed by atoms with van der Waals surface area (Å²) in [6.07, 6.45) is -0.143. The lowest BCUT2D eigenvalue weighted by Crippen LogP contribution is -2.52. The number of nitrogens with one attached hydrogen (secondary N) is 2. The lowest BCUT2D eigenvalue weighted by atomic mass is 9.65. The van der Waals surface area contributed by atoms with Gasteiger partial charge in [0.05, 0.1) is 14.2 Å².